The van der Waals surface area contributed by atoms with Crippen LogP contribution in [0.25, 0.3) is 10.9 Å². The van der Waals surface area contributed by atoms with E-state index in [1.165, 1.54) is 12.1 Å². The van der Waals surface area contributed by atoms with Crippen LogP contribution in [0.2, 0.25) is 0 Å². The number of pyridine rings is 1. The van der Waals surface area contributed by atoms with Crippen molar-refractivity contribution in [2.75, 3.05) is 6.61 Å². The minimum absolute atomic E-state index is 0.260. The molecule has 0 saturated heterocycles. The predicted octanol–water partition coefficient (Wildman–Crippen LogP) is 5.19. The SMILES string of the molecule is CCOc1ccc2[nH]c(=O)c([C@H](c3nnnn3C(C)(C)C)N(Cc3ccc(F)cc3)Cc3ccco3)cc2c1. The fraction of sp³-hybridized carbons (Fsp3) is 0.310. The first-order valence-electron chi connectivity index (χ1n) is 12.8. The van der Waals surface area contributed by atoms with Crippen LogP contribution in [0, 0.1) is 5.82 Å². The summed E-state index contributed by atoms with van der Waals surface area (Å²) in [6.45, 7) is 9.17. The van der Waals surface area contributed by atoms with Gasteiger partial charge in [0.05, 0.1) is 25.0 Å². The van der Waals surface area contributed by atoms with Gasteiger partial charge in [-0.05, 0) is 92.2 Å². The van der Waals surface area contributed by atoms with Crippen LogP contribution in [0.4, 0.5) is 4.39 Å². The van der Waals surface area contributed by atoms with Crippen LogP contribution in [-0.4, -0.2) is 36.7 Å². The second kappa shape index (κ2) is 10.8. The van der Waals surface area contributed by atoms with E-state index in [9.17, 15) is 9.18 Å². The first kappa shape index (κ1) is 26.3. The highest BCUT2D eigenvalue weighted by Gasteiger charge is 2.34. The fourth-order valence-corrected chi connectivity index (χ4v) is 4.67. The Morgan fingerprint density at radius 3 is 2.59 bits per heavy atom. The molecule has 0 radical (unpaired) electrons. The van der Waals surface area contributed by atoms with E-state index in [0.717, 1.165) is 10.9 Å². The number of aromatic nitrogens is 5. The van der Waals surface area contributed by atoms with Crippen LogP contribution in [-0.2, 0) is 18.6 Å². The number of H-pyrrole nitrogens is 1. The lowest BCUT2D eigenvalue weighted by molar-refractivity contribution is 0.171. The van der Waals surface area contributed by atoms with Gasteiger partial charge in [-0.3, -0.25) is 9.69 Å². The summed E-state index contributed by atoms with van der Waals surface area (Å²) >= 11 is 0. The van der Waals surface area contributed by atoms with E-state index in [4.69, 9.17) is 9.15 Å². The van der Waals surface area contributed by atoms with Gasteiger partial charge in [-0.25, -0.2) is 9.07 Å². The van der Waals surface area contributed by atoms with E-state index < -0.39 is 11.6 Å². The Labute approximate surface area is 225 Å². The molecule has 9 nitrogen and oxygen atoms in total. The average molecular weight is 531 g/mol. The van der Waals surface area contributed by atoms with E-state index in [1.54, 1.807) is 23.1 Å². The molecular formula is C29H31FN6O3. The lowest BCUT2D eigenvalue weighted by Gasteiger charge is -2.32. The average Bonchev–Trinajstić information content (AvgIpc) is 3.59. The van der Waals surface area contributed by atoms with Crippen molar-refractivity contribution in [3.05, 3.63) is 106 Å². The van der Waals surface area contributed by atoms with Crippen LogP contribution in [0.15, 0.2) is 76.1 Å². The van der Waals surface area contributed by atoms with Crippen LogP contribution >= 0.6 is 0 Å². The van der Waals surface area contributed by atoms with Crippen molar-refractivity contribution in [1.82, 2.24) is 30.1 Å². The molecule has 2 aromatic carbocycles. The topological polar surface area (TPSA) is 102 Å². The molecule has 39 heavy (non-hydrogen) atoms. The second-order valence-corrected chi connectivity index (χ2v) is 10.4. The zero-order valence-electron chi connectivity index (χ0n) is 22.4. The smallest absolute Gasteiger partial charge is 0.253 e. The molecule has 0 aliphatic heterocycles. The van der Waals surface area contributed by atoms with Crippen molar-refractivity contribution in [1.29, 1.82) is 0 Å². The van der Waals surface area contributed by atoms with Gasteiger partial charge in [0, 0.05) is 23.0 Å². The first-order chi connectivity index (χ1) is 18.7. The number of hydrogen-bond donors (Lipinski definition) is 1. The number of hydrogen-bond acceptors (Lipinski definition) is 7. The summed E-state index contributed by atoms with van der Waals surface area (Å²) in [6.07, 6.45) is 1.61. The number of ether oxygens (including phenoxy) is 1. The Kier molecular flexibility index (Phi) is 7.30. The van der Waals surface area contributed by atoms with Gasteiger partial charge >= 0.3 is 0 Å². The maximum atomic E-state index is 13.7. The van der Waals surface area contributed by atoms with Crippen molar-refractivity contribution < 1.29 is 13.5 Å². The number of aromatic amines is 1. The zero-order chi connectivity index (χ0) is 27.6. The van der Waals surface area contributed by atoms with Crippen molar-refractivity contribution in [2.24, 2.45) is 0 Å². The Bertz CT molecular complexity index is 1600. The van der Waals surface area contributed by atoms with Gasteiger partial charge in [0.25, 0.3) is 5.56 Å². The number of tetrazole rings is 1. The van der Waals surface area contributed by atoms with Gasteiger partial charge in [0.1, 0.15) is 23.4 Å². The number of halogens is 1. The third-order valence-corrected chi connectivity index (χ3v) is 6.43. The van der Waals surface area contributed by atoms with Gasteiger partial charge in [-0.1, -0.05) is 12.1 Å². The molecule has 1 N–H and O–H groups in total. The summed E-state index contributed by atoms with van der Waals surface area (Å²) in [7, 11) is 0. The maximum Gasteiger partial charge on any atom is 0.253 e. The molecule has 3 aromatic heterocycles. The molecule has 5 aromatic rings. The molecule has 3 heterocycles. The number of rotatable bonds is 9. The predicted molar refractivity (Wildman–Crippen MR) is 145 cm³/mol. The molecule has 0 aliphatic carbocycles. The van der Waals surface area contributed by atoms with Gasteiger partial charge < -0.3 is 14.1 Å². The minimum Gasteiger partial charge on any atom is -0.494 e. The summed E-state index contributed by atoms with van der Waals surface area (Å²) in [5.41, 5.74) is 1.29. The normalized spacial score (nSPS) is 12.8. The lowest BCUT2D eigenvalue weighted by atomic mass is 10.0. The van der Waals surface area contributed by atoms with Gasteiger partial charge in [0.15, 0.2) is 5.82 Å². The fourth-order valence-electron chi connectivity index (χ4n) is 4.67. The Morgan fingerprint density at radius 2 is 1.90 bits per heavy atom. The summed E-state index contributed by atoms with van der Waals surface area (Å²) in [6, 6.07) is 16.8. The molecule has 202 valence electrons. The number of nitrogens with one attached hydrogen (secondary N) is 1. The van der Waals surface area contributed by atoms with Gasteiger partial charge in [-0.15, -0.1) is 5.10 Å². The molecule has 0 bridgehead atoms. The van der Waals surface area contributed by atoms with E-state index in [0.29, 0.717) is 48.1 Å². The number of benzene rings is 2. The van der Waals surface area contributed by atoms with Crippen molar-refractivity contribution in [3.63, 3.8) is 0 Å². The molecular weight excluding hydrogens is 499 g/mol. The molecule has 0 saturated carbocycles. The highest BCUT2D eigenvalue weighted by Crippen LogP contribution is 2.32. The molecule has 0 amide bonds. The Hall–Kier alpha value is -4.31. The van der Waals surface area contributed by atoms with Crippen molar-refractivity contribution in [2.45, 2.75) is 52.4 Å². The molecule has 5 rings (SSSR count). The summed E-state index contributed by atoms with van der Waals surface area (Å²) in [4.78, 5) is 18.8. The molecule has 0 unspecified atom stereocenters. The van der Waals surface area contributed by atoms with Crippen molar-refractivity contribution >= 4 is 10.9 Å². The Morgan fingerprint density at radius 1 is 1.10 bits per heavy atom. The molecule has 0 aliphatic rings. The van der Waals surface area contributed by atoms with Crippen molar-refractivity contribution in [3.8, 4) is 5.75 Å². The number of nitrogens with zero attached hydrogens (tertiary/aromatic N) is 5. The number of fused-ring (bicyclic) bond motifs is 1. The molecule has 10 heteroatoms. The molecule has 1 atom stereocenters. The van der Waals surface area contributed by atoms with Gasteiger partial charge in [0.2, 0.25) is 0 Å². The van der Waals surface area contributed by atoms with E-state index in [-0.39, 0.29) is 11.4 Å². The van der Waals surface area contributed by atoms with Crippen LogP contribution in [0.5, 0.6) is 5.75 Å². The number of furan rings is 1. The monoisotopic (exact) mass is 530 g/mol. The summed E-state index contributed by atoms with van der Waals surface area (Å²) < 4.78 is 26.9. The molecule has 0 spiro atoms. The second-order valence-electron chi connectivity index (χ2n) is 10.4. The van der Waals surface area contributed by atoms with E-state index in [1.807, 2.05) is 64.1 Å². The summed E-state index contributed by atoms with van der Waals surface area (Å²) in [5.74, 6) is 1.59. The third-order valence-electron chi connectivity index (χ3n) is 6.43. The third kappa shape index (κ3) is 5.75. The standard InChI is InChI=1S/C29H31FN6O3/c1-5-38-22-12-13-25-20(15-22)16-24(28(37)31-25)26(27-32-33-34-36(27)29(2,3)4)35(18-23-7-6-14-39-23)17-19-8-10-21(30)11-9-19/h6-16,26H,5,17-18H2,1-4H3,(H,31,37)/t26-/m1/s1. The van der Waals surface area contributed by atoms with E-state index in [2.05, 4.69) is 25.4 Å². The highest BCUT2D eigenvalue weighted by molar-refractivity contribution is 5.80. The van der Waals surface area contributed by atoms with Crippen LogP contribution in [0.3, 0.4) is 0 Å². The first-order valence-corrected chi connectivity index (χ1v) is 12.8. The van der Waals surface area contributed by atoms with Crippen LogP contribution in [0.1, 0.15) is 56.4 Å². The minimum atomic E-state index is -0.668. The summed E-state index contributed by atoms with van der Waals surface area (Å²) in [5, 5.41) is 13.5. The lowest BCUT2D eigenvalue weighted by Crippen LogP contribution is -2.37. The van der Waals surface area contributed by atoms with E-state index >= 15 is 0 Å². The highest BCUT2D eigenvalue weighted by atomic mass is 19.1. The van der Waals surface area contributed by atoms with Crippen LogP contribution < -0.4 is 10.3 Å². The largest absolute Gasteiger partial charge is 0.494 e. The molecule has 0 fully saturated rings. The Balaban J connectivity index is 1.71. The zero-order valence-corrected chi connectivity index (χ0v) is 22.4. The van der Waals surface area contributed by atoms with Gasteiger partial charge in [-0.2, -0.15) is 0 Å². The maximum absolute atomic E-state index is 13.7. The quantitative estimate of drug-likeness (QED) is 0.280.